The van der Waals surface area contributed by atoms with Crippen LogP contribution in [0.25, 0.3) is 0 Å². The molecule has 1 N–H and O–H groups in total. The highest BCUT2D eigenvalue weighted by Gasteiger charge is 2.24. The van der Waals surface area contributed by atoms with E-state index >= 15 is 0 Å². The van der Waals surface area contributed by atoms with Gasteiger partial charge in [-0.05, 0) is 38.1 Å². The summed E-state index contributed by atoms with van der Waals surface area (Å²) in [5.41, 5.74) is 0. The van der Waals surface area contributed by atoms with Crippen LogP contribution in [0.4, 0.5) is 10.2 Å². The molecule has 0 saturated carbocycles. The maximum atomic E-state index is 12.9. The van der Waals surface area contributed by atoms with E-state index in [9.17, 15) is 4.39 Å². The Balaban J connectivity index is 1.99. The minimum Gasteiger partial charge on any atom is -0.367 e. The van der Waals surface area contributed by atoms with Crippen LogP contribution in [0.5, 0.6) is 0 Å². The Kier molecular flexibility index (Phi) is 3.39. The Bertz CT molecular complexity index is 356. The van der Waals surface area contributed by atoms with Gasteiger partial charge in [0.2, 0.25) is 5.95 Å². The van der Waals surface area contributed by atoms with Crippen molar-refractivity contribution in [3.05, 3.63) is 24.1 Å². The maximum absolute atomic E-state index is 12.9. The molecule has 0 amide bonds. The number of rotatable bonds is 2. The van der Waals surface area contributed by atoms with Crippen LogP contribution in [-0.4, -0.2) is 36.1 Å². The zero-order valence-corrected chi connectivity index (χ0v) is 9.78. The molecule has 88 valence electrons. The molecule has 2 rings (SSSR count). The van der Waals surface area contributed by atoms with Crippen molar-refractivity contribution in [2.75, 3.05) is 25.5 Å². The molecule has 1 aliphatic rings. The zero-order valence-electron chi connectivity index (χ0n) is 9.78. The van der Waals surface area contributed by atoms with Crippen molar-refractivity contribution in [2.45, 2.75) is 19.4 Å². The summed E-state index contributed by atoms with van der Waals surface area (Å²) in [7, 11) is 2.13. The average Bonchev–Trinajstić information content (AvgIpc) is 2.22. The molecule has 0 aromatic carbocycles. The normalized spacial score (nSPS) is 26.7. The van der Waals surface area contributed by atoms with Crippen LogP contribution in [-0.2, 0) is 0 Å². The van der Waals surface area contributed by atoms with Gasteiger partial charge in [-0.15, -0.1) is 0 Å². The van der Waals surface area contributed by atoms with Gasteiger partial charge in [0.05, 0.1) is 0 Å². The Labute approximate surface area is 95.7 Å². The molecular weight excluding hydrogens is 205 g/mol. The number of piperidine rings is 1. The molecule has 1 aliphatic heterocycles. The van der Waals surface area contributed by atoms with Gasteiger partial charge in [0, 0.05) is 12.6 Å². The van der Waals surface area contributed by atoms with E-state index < -0.39 is 5.95 Å². The number of anilines is 1. The summed E-state index contributed by atoms with van der Waals surface area (Å²) in [6, 6.07) is 5.26. The van der Waals surface area contributed by atoms with E-state index in [4.69, 9.17) is 0 Å². The SMILES string of the molecule is CC1CN(C)CCC1Nc1cccc(F)n1. The molecule has 1 fully saturated rings. The molecule has 2 unspecified atom stereocenters. The van der Waals surface area contributed by atoms with E-state index in [1.807, 2.05) is 6.07 Å². The summed E-state index contributed by atoms with van der Waals surface area (Å²) in [4.78, 5) is 6.15. The van der Waals surface area contributed by atoms with E-state index in [1.54, 1.807) is 6.07 Å². The third-order valence-corrected chi connectivity index (χ3v) is 3.16. The fourth-order valence-electron chi connectivity index (χ4n) is 2.25. The van der Waals surface area contributed by atoms with Crippen molar-refractivity contribution in [1.29, 1.82) is 0 Å². The lowest BCUT2D eigenvalue weighted by atomic mass is 9.94. The first-order chi connectivity index (χ1) is 7.65. The number of nitrogens with one attached hydrogen (secondary N) is 1. The van der Waals surface area contributed by atoms with Gasteiger partial charge < -0.3 is 10.2 Å². The monoisotopic (exact) mass is 223 g/mol. The molecule has 0 radical (unpaired) electrons. The van der Waals surface area contributed by atoms with Gasteiger partial charge in [0.25, 0.3) is 0 Å². The minimum atomic E-state index is -0.425. The Morgan fingerprint density at radius 2 is 2.31 bits per heavy atom. The van der Waals surface area contributed by atoms with E-state index in [0.29, 0.717) is 17.8 Å². The summed E-state index contributed by atoms with van der Waals surface area (Å²) in [5, 5.41) is 3.31. The predicted octanol–water partition coefficient (Wildman–Crippen LogP) is 1.97. The van der Waals surface area contributed by atoms with E-state index in [0.717, 1.165) is 19.5 Å². The Morgan fingerprint density at radius 3 is 3.00 bits per heavy atom. The van der Waals surface area contributed by atoms with Crippen molar-refractivity contribution in [2.24, 2.45) is 5.92 Å². The summed E-state index contributed by atoms with van der Waals surface area (Å²) in [6.45, 7) is 4.37. The molecule has 2 heterocycles. The van der Waals surface area contributed by atoms with Crippen molar-refractivity contribution >= 4 is 5.82 Å². The first kappa shape index (κ1) is 11.3. The highest BCUT2D eigenvalue weighted by atomic mass is 19.1. The highest BCUT2D eigenvalue weighted by molar-refractivity contribution is 5.35. The van der Waals surface area contributed by atoms with Gasteiger partial charge in [-0.1, -0.05) is 13.0 Å². The van der Waals surface area contributed by atoms with Crippen LogP contribution < -0.4 is 5.32 Å². The second-order valence-electron chi connectivity index (χ2n) is 4.62. The van der Waals surface area contributed by atoms with Crippen molar-refractivity contribution in [3.63, 3.8) is 0 Å². The fraction of sp³-hybridized carbons (Fsp3) is 0.583. The smallest absolute Gasteiger partial charge is 0.214 e. The van der Waals surface area contributed by atoms with Gasteiger partial charge in [0.1, 0.15) is 5.82 Å². The number of aromatic nitrogens is 1. The van der Waals surface area contributed by atoms with Crippen LogP contribution in [0, 0.1) is 11.9 Å². The van der Waals surface area contributed by atoms with Crippen LogP contribution in [0.3, 0.4) is 0 Å². The molecule has 0 spiro atoms. The largest absolute Gasteiger partial charge is 0.367 e. The molecule has 1 aromatic heterocycles. The molecule has 4 heteroatoms. The van der Waals surface area contributed by atoms with Gasteiger partial charge in [-0.25, -0.2) is 4.98 Å². The van der Waals surface area contributed by atoms with Gasteiger partial charge >= 0.3 is 0 Å². The standard InChI is InChI=1S/C12H18FN3/c1-9-8-16(2)7-6-10(9)14-12-5-3-4-11(13)15-12/h3-5,9-10H,6-8H2,1-2H3,(H,14,15). The Hall–Kier alpha value is -1.16. The van der Waals surface area contributed by atoms with Crippen LogP contribution in [0.1, 0.15) is 13.3 Å². The average molecular weight is 223 g/mol. The summed E-state index contributed by atoms with van der Waals surface area (Å²) in [6.07, 6.45) is 1.08. The summed E-state index contributed by atoms with van der Waals surface area (Å²) >= 11 is 0. The van der Waals surface area contributed by atoms with Gasteiger partial charge in [0.15, 0.2) is 0 Å². The van der Waals surface area contributed by atoms with Gasteiger partial charge in [-0.3, -0.25) is 0 Å². The Morgan fingerprint density at radius 1 is 1.50 bits per heavy atom. The molecule has 0 bridgehead atoms. The number of likely N-dealkylation sites (tertiary alicyclic amines) is 1. The second kappa shape index (κ2) is 4.78. The van der Waals surface area contributed by atoms with Crippen molar-refractivity contribution in [1.82, 2.24) is 9.88 Å². The highest BCUT2D eigenvalue weighted by Crippen LogP contribution is 2.19. The molecule has 0 aliphatic carbocycles. The fourth-order valence-corrected chi connectivity index (χ4v) is 2.25. The topological polar surface area (TPSA) is 28.2 Å². The molecular formula is C12H18FN3. The molecule has 16 heavy (non-hydrogen) atoms. The van der Waals surface area contributed by atoms with E-state index in [1.165, 1.54) is 6.07 Å². The number of hydrogen-bond donors (Lipinski definition) is 1. The molecule has 1 aromatic rings. The number of nitrogens with zero attached hydrogens (tertiary/aromatic N) is 2. The number of halogens is 1. The second-order valence-corrected chi connectivity index (χ2v) is 4.62. The lowest BCUT2D eigenvalue weighted by Crippen LogP contribution is -2.43. The maximum Gasteiger partial charge on any atom is 0.214 e. The van der Waals surface area contributed by atoms with Crippen LogP contribution in [0.2, 0.25) is 0 Å². The number of pyridine rings is 1. The summed E-state index contributed by atoms with van der Waals surface area (Å²) < 4.78 is 12.9. The van der Waals surface area contributed by atoms with Crippen molar-refractivity contribution in [3.8, 4) is 0 Å². The quantitative estimate of drug-likeness (QED) is 0.777. The van der Waals surface area contributed by atoms with Crippen LogP contribution >= 0.6 is 0 Å². The summed E-state index contributed by atoms with van der Waals surface area (Å²) in [5.74, 6) is 0.774. The zero-order chi connectivity index (χ0) is 11.5. The first-order valence-electron chi connectivity index (χ1n) is 5.73. The van der Waals surface area contributed by atoms with Crippen molar-refractivity contribution < 1.29 is 4.39 Å². The lowest BCUT2D eigenvalue weighted by Gasteiger charge is -2.35. The number of hydrogen-bond acceptors (Lipinski definition) is 3. The van der Waals surface area contributed by atoms with E-state index in [2.05, 4.69) is 29.2 Å². The predicted molar refractivity (Wildman–Crippen MR) is 62.9 cm³/mol. The van der Waals surface area contributed by atoms with E-state index in [-0.39, 0.29) is 0 Å². The molecule has 2 atom stereocenters. The third kappa shape index (κ3) is 2.70. The minimum absolute atomic E-state index is 0.394. The first-order valence-corrected chi connectivity index (χ1v) is 5.73. The third-order valence-electron chi connectivity index (χ3n) is 3.16. The molecule has 3 nitrogen and oxygen atoms in total. The van der Waals surface area contributed by atoms with Gasteiger partial charge in [-0.2, -0.15) is 4.39 Å². The van der Waals surface area contributed by atoms with Crippen LogP contribution in [0.15, 0.2) is 18.2 Å². The lowest BCUT2D eigenvalue weighted by molar-refractivity contribution is 0.206. The molecule has 1 saturated heterocycles.